The van der Waals surface area contributed by atoms with Crippen LogP contribution in [0.25, 0.3) is 11.1 Å². The monoisotopic (exact) mass is 407 g/mol. The number of hydrogen-bond donors (Lipinski definition) is 2. The minimum atomic E-state index is -0.919. The molecule has 3 aliphatic rings. The predicted octanol–water partition coefficient (Wildman–Crippen LogP) is 3.94. The number of ether oxygens (including phenoxy) is 2. The topological polar surface area (TPSA) is 84.9 Å². The lowest BCUT2D eigenvalue weighted by Crippen LogP contribution is -2.69. The molecule has 0 bridgehead atoms. The van der Waals surface area contributed by atoms with E-state index >= 15 is 0 Å². The number of carboxylic acid groups (broad SMARTS) is 1. The van der Waals surface area contributed by atoms with Crippen LogP contribution in [0.3, 0.4) is 0 Å². The molecule has 1 unspecified atom stereocenters. The molecule has 5 rings (SSSR count). The zero-order chi connectivity index (χ0) is 20.7. The Morgan fingerprint density at radius 3 is 2.40 bits per heavy atom. The summed E-state index contributed by atoms with van der Waals surface area (Å²) in [4.78, 5) is 24.2. The summed E-state index contributed by atoms with van der Waals surface area (Å²) < 4.78 is 11.4. The minimum absolute atomic E-state index is 0.0225. The van der Waals surface area contributed by atoms with Crippen LogP contribution in [0.15, 0.2) is 48.5 Å². The summed E-state index contributed by atoms with van der Waals surface area (Å²) in [5, 5.41) is 12.3. The lowest BCUT2D eigenvalue weighted by Gasteiger charge is -2.56. The van der Waals surface area contributed by atoms with Gasteiger partial charge in [0.2, 0.25) is 0 Å². The highest BCUT2D eigenvalue weighted by atomic mass is 16.5. The third-order valence-electron chi connectivity index (χ3n) is 6.88. The van der Waals surface area contributed by atoms with Crippen molar-refractivity contribution in [2.24, 2.45) is 5.92 Å². The van der Waals surface area contributed by atoms with E-state index in [2.05, 4.69) is 29.6 Å². The molecule has 0 aromatic heterocycles. The first kappa shape index (κ1) is 19.1. The molecule has 2 aromatic carbocycles. The van der Waals surface area contributed by atoms with Gasteiger partial charge in [0.1, 0.15) is 6.61 Å². The van der Waals surface area contributed by atoms with Crippen molar-refractivity contribution < 1.29 is 24.2 Å². The Labute approximate surface area is 175 Å². The van der Waals surface area contributed by atoms with Gasteiger partial charge >= 0.3 is 12.1 Å². The molecule has 2 fully saturated rings. The molecule has 6 heteroatoms. The Morgan fingerprint density at radius 2 is 1.77 bits per heavy atom. The van der Waals surface area contributed by atoms with Crippen molar-refractivity contribution in [1.82, 2.24) is 5.32 Å². The second kappa shape index (κ2) is 7.43. The largest absolute Gasteiger partial charge is 0.481 e. The highest BCUT2D eigenvalue weighted by molar-refractivity contribution is 5.79. The van der Waals surface area contributed by atoms with E-state index in [1.807, 2.05) is 24.3 Å². The molecule has 6 nitrogen and oxygen atoms in total. The average molecular weight is 407 g/mol. The number of alkyl carbamates (subject to hydrolysis) is 1. The second-order valence-corrected chi connectivity index (χ2v) is 8.54. The summed E-state index contributed by atoms with van der Waals surface area (Å²) in [6, 6.07) is 16.4. The van der Waals surface area contributed by atoms with Crippen LogP contribution < -0.4 is 5.32 Å². The maximum atomic E-state index is 12.7. The molecule has 2 aliphatic carbocycles. The highest BCUT2D eigenvalue weighted by Crippen LogP contribution is 2.48. The van der Waals surface area contributed by atoms with Gasteiger partial charge in [-0.05, 0) is 41.5 Å². The SMILES string of the molecule is O=C(O)CC1(NC(=O)OCC2c3ccccc3-c3ccccc32)C[C@H]2OCCC[C@H]21. The number of nitrogens with one attached hydrogen (secondary N) is 1. The van der Waals surface area contributed by atoms with E-state index in [1.165, 1.54) is 11.1 Å². The molecule has 156 valence electrons. The number of carbonyl (C=O) groups excluding carboxylic acids is 1. The van der Waals surface area contributed by atoms with Crippen LogP contribution in [-0.4, -0.2) is 42.0 Å². The van der Waals surface area contributed by atoms with Crippen molar-refractivity contribution in [3.8, 4) is 11.1 Å². The zero-order valence-electron chi connectivity index (χ0n) is 16.7. The van der Waals surface area contributed by atoms with Crippen molar-refractivity contribution in [3.05, 3.63) is 59.7 Å². The third-order valence-corrected chi connectivity index (χ3v) is 6.88. The van der Waals surface area contributed by atoms with Crippen LogP contribution in [0.4, 0.5) is 4.79 Å². The Morgan fingerprint density at radius 1 is 1.10 bits per heavy atom. The first-order chi connectivity index (χ1) is 14.6. The fourth-order valence-corrected chi connectivity index (χ4v) is 5.52. The Hall–Kier alpha value is -2.86. The summed E-state index contributed by atoms with van der Waals surface area (Å²) >= 11 is 0. The van der Waals surface area contributed by atoms with Crippen molar-refractivity contribution in [1.29, 1.82) is 0 Å². The molecular weight excluding hydrogens is 382 g/mol. The van der Waals surface area contributed by atoms with E-state index in [9.17, 15) is 14.7 Å². The van der Waals surface area contributed by atoms with Crippen molar-refractivity contribution in [2.75, 3.05) is 13.2 Å². The quantitative estimate of drug-likeness (QED) is 0.784. The summed E-state index contributed by atoms with van der Waals surface area (Å²) in [6.07, 6.45) is 1.64. The normalized spacial score (nSPS) is 26.7. The number of benzene rings is 2. The highest BCUT2D eigenvalue weighted by Gasteiger charge is 2.57. The summed E-state index contributed by atoms with van der Waals surface area (Å²) in [5.41, 5.74) is 3.86. The van der Waals surface area contributed by atoms with Gasteiger partial charge in [-0.15, -0.1) is 0 Å². The van der Waals surface area contributed by atoms with Crippen LogP contribution in [0.1, 0.15) is 42.7 Å². The number of amides is 1. The van der Waals surface area contributed by atoms with Crippen LogP contribution >= 0.6 is 0 Å². The van der Waals surface area contributed by atoms with E-state index in [0.29, 0.717) is 13.0 Å². The molecule has 1 amide bonds. The fourth-order valence-electron chi connectivity index (χ4n) is 5.52. The van der Waals surface area contributed by atoms with Gasteiger partial charge in [-0.3, -0.25) is 4.79 Å². The van der Waals surface area contributed by atoms with Crippen molar-refractivity contribution in [3.63, 3.8) is 0 Å². The number of hydrogen-bond acceptors (Lipinski definition) is 4. The van der Waals surface area contributed by atoms with Crippen LogP contribution in [0, 0.1) is 5.92 Å². The predicted molar refractivity (Wildman–Crippen MR) is 110 cm³/mol. The minimum Gasteiger partial charge on any atom is -0.481 e. The fraction of sp³-hybridized carbons (Fsp3) is 0.417. The van der Waals surface area contributed by atoms with Crippen molar-refractivity contribution in [2.45, 2.75) is 43.2 Å². The van der Waals surface area contributed by atoms with Gasteiger partial charge in [-0.1, -0.05) is 48.5 Å². The average Bonchev–Trinajstić information content (AvgIpc) is 3.05. The van der Waals surface area contributed by atoms with Gasteiger partial charge in [-0.25, -0.2) is 4.79 Å². The molecule has 3 atom stereocenters. The Bertz CT molecular complexity index is 944. The molecule has 1 saturated heterocycles. The van der Waals surface area contributed by atoms with E-state index in [0.717, 1.165) is 24.0 Å². The van der Waals surface area contributed by atoms with Crippen LogP contribution in [0.5, 0.6) is 0 Å². The van der Waals surface area contributed by atoms with Crippen LogP contribution in [-0.2, 0) is 14.3 Å². The smallest absolute Gasteiger partial charge is 0.407 e. The number of aliphatic carboxylic acids is 1. The Kier molecular flexibility index (Phi) is 4.74. The number of rotatable bonds is 5. The lowest BCUT2D eigenvalue weighted by molar-refractivity contribution is -0.161. The zero-order valence-corrected chi connectivity index (χ0v) is 16.7. The van der Waals surface area contributed by atoms with Crippen molar-refractivity contribution >= 4 is 12.1 Å². The molecule has 1 aliphatic heterocycles. The first-order valence-electron chi connectivity index (χ1n) is 10.5. The van der Waals surface area contributed by atoms with E-state index in [1.54, 1.807) is 0 Å². The van der Waals surface area contributed by atoms with E-state index in [-0.39, 0.29) is 31.0 Å². The van der Waals surface area contributed by atoms with Gasteiger partial charge in [0.25, 0.3) is 0 Å². The summed E-state index contributed by atoms with van der Waals surface area (Å²) in [6.45, 7) is 0.920. The summed E-state index contributed by atoms with van der Waals surface area (Å²) in [7, 11) is 0. The van der Waals surface area contributed by atoms with Gasteiger partial charge in [0.15, 0.2) is 0 Å². The molecule has 1 saturated carbocycles. The molecule has 0 radical (unpaired) electrons. The van der Waals surface area contributed by atoms with E-state index < -0.39 is 17.6 Å². The molecule has 2 aromatic rings. The van der Waals surface area contributed by atoms with E-state index in [4.69, 9.17) is 9.47 Å². The number of carbonyl (C=O) groups is 2. The van der Waals surface area contributed by atoms with Gasteiger partial charge < -0.3 is 19.9 Å². The first-order valence-corrected chi connectivity index (χ1v) is 10.5. The second-order valence-electron chi connectivity index (χ2n) is 8.54. The molecule has 0 spiro atoms. The van der Waals surface area contributed by atoms with Crippen LogP contribution in [0.2, 0.25) is 0 Å². The summed E-state index contributed by atoms with van der Waals surface area (Å²) in [5.74, 6) is -0.911. The molecular formula is C24H25NO5. The maximum Gasteiger partial charge on any atom is 0.407 e. The van der Waals surface area contributed by atoms with Gasteiger partial charge in [0, 0.05) is 18.4 Å². The van der Waals surface area contributed by atoms with Gasteiger partial charge in [-0.2, -0.15) is 0 Å². The number of fused-ring (bicyclic) bond motifs is 4. The third kappa shape index (κ3) is 3.16. The Balaban J connectivity index is 1.30. The molecule has 1 heterocycles. The molecule has 30 heavy (non-hydrogen) atoms. The maximum absolute atomic E-state index is 12.7. The van der Waals surface area contributed by atoms with Gasteiger partial charge in [0.05, 0.1) is 18.1 Å². The standard InChI is InChI=1S/C24H25NO5/c26-22(27)13-24(12-21-20(24)10-5-11-29-21)25-23(28)30-14-19-17-8-3-1-6-15(17)16-7-2-4-9-18(16)19/h1-4,6-9,19-21H,5,10-14H2,(H,25,28)(H,26,27)/t20-,21-,24?/m1/s1. The number of carboxylic acids is 1. The molecule has 2 N–H and O–H groups in total. The lowest BCUT2D eigenvalue weighted by atomic mass is 9.60.